The van der Waals surface area contributed by atoms with E-state index >= 15 is 0 Å². The molecule has 1 spiro atoms. The number of aryl methyl sites for hydroxylation is 1. The fraction of sp³-hybridized carbons (Fsp3) is 0.147. The minimum Gasteiger partial charge on any atom is -0.352 e. The number of rotatable bonds is 4. The predicted octanol–water partition coefficient (Wildman–Crippen LogP) is 6.64. The summed E-state index contributed by atoms with van der Waals surface area (Å²) < 4.78 is 13.9. The quantitative estimate of drug-likeness (QED) is 0.283. The van der Waals surface area contributed by atoms with Gasteiger partial charge in [0.1, 0.15) is 17.3 Å². The number of benzene rings is 4. The van der Waals surface area contributed by atoms with Crippen LogP contribution < -0.4 is 10.2 Å². The summed E-state index contributed by atoms with van der Waals surface area (Å²) in [5, 5.41) is 3.49. The molecule has 0 aromatic heterocycles. The number of para-hydroxylation sites is 1. The molecular weight excluding hydrogens is 539 g/mol. The molecule has 3 aliphatic heterocycles. The van der Waals surface area contributed by atoms with E-state index in [2.05, 4.69) is 5.32 Å². The van der Waals surface area contributed by atoms with Crippen LogP contribution in [0.3, 0.4) is 0 Å². The zero-order chi connectivity index (χ0) is 28.5. The van der Waals surface area contributed by atoms with Crippen LogP contribution in [0.1, 0.15) is 37.4 Å². The molecule has 4 aromatic carbocycles. The van der Waals surface area contributed by atoms with Crippen molar-refractivity contribution in [1.82, 2.24) is 0 Å². The SMILES string of the molecule is Cc1ccc2c(c1)C=C[C@H]1N2[C@H](C(=O)c2ccc(Cl)cc2)[C@@H](C(=O)c2ccc(F)cc2)[C@]12C(=O)Nc1ccccc12. The number of hydrogen-bond acceptors (Lipinski definition) is 4. The fourth-order valence-corrected chi connectivity index (χ4v) is 7.00. The molecule has 3 aliphatic rings. The Kier molecular flexibility index (Phi) is 5.73. The van der Waals surface area contributed by atoms with Gasteiger partial charge in [-0.3, -0.25) is 14.4 Å². The summed E-state index contributed by atoms with van der Waals surface area (Å²) in [5.41, 5.74) is 3.16. The Bertz CT molecular complexity index is 1780. The first-order valence-electron chi connectivity index (χ1n) is 13.4. The highest BCUT2D eigenvalue weighted by atomic mass is 35.5. The number of nitrogens with zero attached hydrogens (tertiary/aromatic N) is 1. The van der Waals surface area contributed by atoms with Crippen LogP contribution in [-0.4, -0.2) is 29.6 Å². The van der Waals surface area contributed by atoms with Gasteiger partial charge in [-0.1, -0.05) is 53.6 Å². The summed E-state index contributed by atoms with van der Waals surface area (Å²) in [6.45, 7) is 1.99. The van der Waals surface area contributed by atoms with Gasteiger partial charge in [-0.25, -0.2) is 4.39 Å². The fourth-order valence-electron chi connectivity index (χ4n) is 6.88. The number of halogens is 2. The lowest BCUT2D eigenvalue weighted by molar-refractivity contribution is -0.121. The van der Waals surface area contributed by atoms with Gasteiger partial charge in [0.15, 0.2) is 11.6 Å². The third-order valence-electron chi connectivity index (χ3n) is 8.60. The molecule has 1 saturated heterocycles. The number of ketones is 2. The maximum atomic E-state index is 14.7. The van der Waals surface area contributed by atoms with Crippen molar-refractivity contribution in [3.8, 4) is 0 Å². The number of anilines is 2. The summed E-state index contributed by atoms with van der Waals surface area (Å²) in [6, 6.07) is 23.4. The molecule has 0 aliphatic carbocycles. The number of nitrogens with one attached hydrogen (secondary N) is 1. The van der Waals surface area contributed by atoms with Crippen molar-refractivity contribution >= 4 is 46.5 Å². The second-order valence-electron chi connectivity index (χ2n) is 10.8. The Hall–Kier alpha value is -4.55. The molecule has 1 N–H and O–H groups in total. The van der Waals surface area contributed by atoms with Crippen molar-refractivity contribution in [3.05, 3.63) is 136 Å². The molecule has 7 heteroatoms. The molecule has 1 fully saturated rings. The van der Waals surface area contributed by atoms with Gasteiger partial charge >= 0.3 is 0 Å². The van der Waals surface area contributed by atoms with Crippen LogP contribution in [0.2, 0.25) is 5.02 Å². The third kappa shape index (κ3) is 3.64. The highest BCUT2D eigenvalue weighted by Crippen LogP contribution is 2.58. The lowest BCUT2D eigenvalue weighted by atomic mass is 9.64. The van der Waals surface area contributed by atoms with E-state index in [1.165, 1.54) is 24.3 Å². The first kappa shape index (κ1) is 25.4. The Balaban J connectivity index is 1.53. The summed E-state index contributed by atoms with van der Waals surface area (Å²) in [4.78, 5) is 45.5. The molecule has 41 heavy (non-hydrogen) atoms. The average molecular weight is 563 g/mol. The van der Waals surface area contributed by atoms with Crippen LogP contribution in [0.5, 0.6) is 0 Å². The maximum absolute atomic E-state index is 14.7. The second kappa shape index (κ2) is 9.25. The molecule has 5 nitrogen and oxygen atoms in total. The Morgan fingerprint density at radius 3 is 2.34 bits per heavy atom. The van der Waals surface area contributed by atoms with E-state index in [-0.39, 0.29) is 17.3 Å². The lowest BCUT2D eigenvalue weighted by Crippen LogP contribution is -2.51. The normalized spacial score (nSPS) is 23.6. The molecule has 0 bridgehead atoms. The van der Waals surface area contributed by atoms with Crippen molar-refractivity contribution in [2.75, 3.05) is 10.2 Å². The van der Waals surface area contributed by atoms with Gasteiger partial charge in [-0.15, -0.1) is 0 Å². The van der Waals surface area contributed by atoms with E-state index in [1.807, 2.05) is 66.4 Å². The maximum Gasteiger partial charge on any atom is 0.238 e. The molecule has 1 amide bonds. The zero-order valence-corrected chi connectivity index (χ0v) is 22.7. The molecule has 4 aromatic rings. The summed E-state index contributed by atoms with van der Waals surface area (Å²) >= 11 is 6.15. The number of carbonyl (C=O) groups excluding carboxylic acids is 3. The number of hydrogen-bond donors (Lipinski definition) is 1. The van der Waals surface area contributed by atoms with Crippen LogP contribution in [0.15, 0.2) is 97.1 Å². The lowest BCUT2D eigenvalue weighted by Gasteiger charge is -2.37. The highest BCUT2D eigenvalue weighted by molar-refractivity contribution is 6.30. The minimum atomic E-state index is -1.42. The van der Waals surface area contributed by atoms with Gasteiger partial charge in [0.25, 0.3) is 0 Å². The van der Waals surface area contributed by atoms with Crippen LogP contribution in [-0.2, 0) is 10.2 Å². The van der Waals surface area contributed by atoms with E-state index in [4.69, 9.17) is 11.6 Å². The molecule has 202 valence electrons. The van der Waals surface area contributed by atoms with Gasteiger partial charge in [0, 0.05) is 27.5 Å². The van der Waals surface area contributed by atoms with Crippen LogP contribution >= 0.6 is 11.6 Å². The number of Topliss-reactive ketones (excluding diaryl/α,β-unsaturated/α-hetero) is 2. The summed E-state index contributed by atoms with van der Waals surface area (Å²) in [6.07, 6.45) is 3.90. The largest absolute Gasteiger partial charge is 0.352 e. The Morgan fingerprint density at radius 2 is 1.59 bits per heavy atom. The van der Waals surface area contributed by atoms with E-state index in [9.17, 15) is 18.8 Å². The Morgan fingerprint density at radius 1 is 0.902 bits per heavy atom. The van der Waals surface area contributed by atoms with E-state index in [0.29, 0.717) is 21.8 Å². The van der Waals surface area contributed by atoms with Crippen molar-refractivity contribution < 1.29 is 18.8 Å². The van der Waals surface area contributed by atoms with E-state index < -0.39 is 35.0 Å². The van der Waals surface area contributed by atoms with Gasteiger partial charge in [0.2, 0.25) is 5.91 Å². The van der Waals surface area contributed by atoms with Crippen LogP contribution in [0, 0.1) is 18.7 Å². The van der Waals surface area contributed by atoms with Gasteiger partial charge < -0.3 is 10.2 Å². The van der Waals surface area contributed by atoms with Crippen LogP contribution in [0.4, 0.5) is 15.8 Å². The van der Waals surface area contributed by atoms with Crippen molar-refractivity contribution in [2.24, 2.45) is 5.92 Å². The van der Waals surface area contributed by atoms with Gasteiger partial charge in [0.05, 0.1) is 12.0 Å². The zero-order valence-electron chi connectivity index (χ0n) is 22.0. The molecule has 4 atom stereocenters. The van der Waals surface area contributed by atoms with Crippen molar-refractivity contribution in [3.63, 3.8) is 0 Å². The Labute approximate surface area is 241 Å². The minimum absolute atomic E-state index is 0.231. The smallest absolute Gasteiger partial charge is 0.238 e. The highest BCUT2D eigenvalue weighted by Gasteiger charge is 2.70. The summed E-state index contributed by atoms with van der Waals surface area (Å²) in [5.74, 6) is -2.66. The first-order chi connectivity index (χ1) is 19.8. The molecule has 0 saturated carbocycles. The number of amides is 1. The molecule has 0 unspecified atom stereocenters. The molecule has 7 rings (SSSR count). The van der Waals surface area contributed by atoms with Crippen molar-refractivity contribution in [2.45, 2.75) is 24.4 Å². The third-order valence-corrected chi connectivity index (χ3v) is 8.85. The van der Waals surface area contributed by atoms with E-state index in [0.717, 1.165) is 16.8 Å². The average Bonchev–Trinajstić information content (AvgIpc) is 3.45. The summed E-state index contributed by atoms with van der Waals surface area (Å²) in [7, 11) is 0. The van der Waals surface area contributed by atoms with E-state index in [1.54, 1.807) is 24.3 Å². The molecule has 0 radical (unpaired) electrons. The first-order valence-corrected chi connectivity index (χ1v) is 13.8. The predicted molar refractivity (Wildman–Crippen MR) is 157 cm³/mol. The number of fused-ring (bicyclic) bond motifs is 6. The van der Waals surface area contributed by atoms with Crippen LogP contribution in [0.25, 0.3) is 6.08 Å². The standard InChI is InChI=1S/C34H24ClFN2O3/c1-19-6-16-27-22(18-19)11-17-28-34(25-4-2-3-5-26(25)37-33(34)41)29(31(39)20-9-14-24(36)15-10-20)30(38(27)28)32(40)21-7-12-23(35)13-8-21/h2-18,28-30H,1H3,(H,37,41)/t28-,29+,30+,34-/m1/s1. The topological polar surface area (TPSA) is 66.5 Å². The monoisotopic (exact) mass is 562 g/mol. The molecular formula is C34H24ClFN2O3. The molecule has 3 heterocycles. The van der Waals surface area contributed by atoms with Crippen molar-refractivity contribution in [1.29, 1.82) is 0 Å². The number of carbonyl (C=O) groups is 3. The van der Waals surface area contributed by atoms with Gasteiger partial charge in [-0.2, -0.15) is 0 Å². The van der Waals surface area contributed by atoms with Gasteiger partial charge in [-0.05, 0) is 84.8 Å². The second-order valence-corrected chi connectivity index (χ2v) is 11.2.